The van der Waals surface area contributed by atoms with Gasteiger partial charge in [-0.2, -0.15) is 0 Å². The van der Waals surface area contributed by atoms with Crippen LogP contribution in [0, 0.1) is 5.92 Å². The summed E-state index contributed by atoms with van der Waals surface area (Å²) >= 11 is 0. The van der Waals surface area contributed by atoms with Crippen LogP contribution in [0.5, 0.6) is 0 Å². The van der Waals surface area contributed by atoms with Gasteiger partial charge >= 0.3 is 0 Å². The van der Waals surface area contributed by atoms with Crippen LogP contribution in [0.2, 0.25) is 0 Å². The van der Waals surface area contributed by atoms with Gasteiger partial charge in [-0.25, -0.2) is 5.84 Å². The minimum atomic E-state index is -0.638. The molecule has 0 aliphatic carbocycles. The summed E-state index contributed by atoms with van der Waals surface area (Å²) in [6.45, 7) is 2.17. The van der Waals surface area contributed by atoms with Crippen LogP contribution in [0.3, 0.4) is 0 Å². The Bertz CT molecular complexity index is 195. The summed E-state index contributed by atoms with van der Waals surface area (Å²) < 4.78 is 15.5. The molecule has 0 radical (unpaired) electrons. The lowest BCUT2D eigenvalue weighted by Crippen LogP contribution is -2.43. The van der Waals surface area contributed by atoms with Crippen LogP contribution in [0.15, 0.2) is 0 Å². The van der Waals surface area contributed by atoms with Gasteiger partial charge in [0.15, 0.2) is 6.10 Å². The van der Waals surface area contributed by atoms with E-state index in [-0.39, 0.29) is 12.5 Å². The minimum Gasteiger partial charge on any atom is -0.381 e. The van der Waals surface area contributed by atoms with E-state index >= 15 is 0 Å². The van der Waals surface area contributed by atoms with Crippen molar-refractivity contribution in [3.05, 3.63) is 0 Å². The van der Waals surface area contributed by atoms with Crippen molar-refractivity contribution in [1.82, 2.24) is 5.43 Å². The molecule has 1 rings (SSSR count). The first-order valence-corrected chi connectivity index (χ1v) is 4.96. The summed E-state index contributed by atoms with van der Waals surface area (Å²) in [5.41, 5.74) is 2.05. The van der Waals surface area contributed by atoms with E-state index in [1.165, 1.54) is 7.11 Å². The average Bonchev–Trinajstić information content (AvgIpc) is 2.76. The molecular formula is C9H18N2O4. The molecule has 0 bridgehead atoms. The number of hydrogen-bond acceptors (Lipinski definition) is 5. The van der Waals surface area contributed by atoms with Crippen molar-refractivity contribution in [2.75, 3.05) is 33.5 Å². The van der Waals surface area contributed by atoms with E-state index in [4.69, 9.17) is 20.1 Å². The molecule has 1 saturated heterocycles. The molecule has 1 aliphatic rings. The summed E-state index contributed by atoms with van der Waals surface area (Å²) in [6, 6.07) is 0. The van der Waals surface area contributed by atoms with Crippen LogP contribution in [0.25, 0.3) is 0 Å². The zero-order valence-electron chi connectivity index (χ0n) is 8.90. The smallest absolute Gasteiger partial charge is 0.265 e. The van der Waals surface area contributed by atoms with Gasteiger partial charge in [-0.05, 0) is 6.42 Å². The Hall–Kier alpha value is -0.690. The summed E-state index contributed by atoms with van der Waals surface area (Å²) in [5, 5.41) is 0. The maximum absolute atomic E-state index is 11.2. The Morgan fingerprint density at radius 3 is 3.07 bits per heavy atom. The zero-order chi connectivity index (χ0) is 11.1. The Morgan fingerprint density at radius 1 is 1.73 bits per heavy atom. The molecule has 0 aromatic heterocycles. The molecule has 3 N–H and O–H groups in total. The van der Waals surface area contributed by atoms with Gasteiger partial charge in [0.05, 0.1) is 19.8 Å². The van der Waals surface area contributed by atoms with Crippen LogP contribution >= 0.6 is 0 Å². The number of hydrazine groups is 1. The van der Waals surface area contributed by atoms with E-state index in [1.807, 2.05) is 0 Å². The molecule has 0 aromatic carbocycles. The Labute approximate surface area is 89.0 Å². The third-order valence-corrected chi connectivity index (χ3v) is 2.31. The molecule has 2 unspecified atom stereocenters. The van der Waals surface area contributed by atoms with E-state index in [0.29, 0.717) is 19.1 Å². The monoisotopic (exact) mass is 218 g/mol. The van der Waals surface area contributed by atoms with Crippen molar-refractivity contribution in [1.29, 1.82) is 0 Å². The highest BCUT2D eigenvalue weighted by molar-refractivity contribution is 5.80. The second-order valence-corrected chi connectivity index (χ2v) is 3.52. The molecule has 1 heterocycles. The number of carbonyl (C=O) groups excluding carboxylic acids is 1. The number of hydrogen-bond donors (Lipinski definition) is 2. The van der Waals surface area contributed by atoms with Gasteiger partial charge < -0.3 is 14.2 Å². The third-order valence-electron chi connectivity index (χ3n) is 2.31. The summed E-state index contributed by atoms with van der Waals surface area (Å²) in [6.07, 6.45) is 0.338. The first-order chi connectivity index (χ1) is 7.27. The number of rotatable bonds is 6. The molecule has 6 heteroatoms. The molecule has 0 spiro atoms. The minimum absolute atomic E-state index is 0.205. The lowest BCUT2D eigenvalue weighted by molar-refractivity contribution is -0.137. The van der Waals surface area contributed by atoms with Gasteiger partial charge in [-0.1, -0.05) is 0 Å². The molecule has 88 valence electrons. The van der Waals surface area contributed by atoms with E-state index < -0.39 is 6.10 Å². The molecule has 1 aliphatic heterocycles. The van der Waals surface area contributed by atoms with Gasteiger partial charge in [-0.15, -0.1) is 0 Å². The molecule has 1 amide bonds. The number of nitrogens with two attached hydrogens (primary N) is 1. The molecule has 1 fully saturated rings. The fourth-order valence-electron chi connectivity index (χ4n) is 1.41. The molecular weight excluding hydrogens is 200 g/mol. The molecule has 15 heavy (non-hydrogen) atoms. The van der Waals surface area contributed by atoms with E-state index in [2.05, 4.69) is 5.43 Å². The van der Waals surface area contributed by atoms with E-state index in [9.17, 15) is 4.79 Å². The number of amides is 1. The fraction of sp³-hybridized carbons (Fsp3) is 0.889. The van der Waals surface area contributed by atoms with Crippen molar-refractivity contribution in [2.24, 2.45) is 11.8 Å². The van der Waals surface area contributed by atoms with Gasteiger partial charge in [0.1, 0.15) is 0 Å². The zero-order valence-corrected chi connectivity index (χ0v) is 8.90. The predicted octanol–water partition coefficient (Wildman–Crippen LogP) is -0.956. The van der Waals surface area contributed by atoms with Crippen LogP contribution in [-0.2, 0) is 19.0 Å². The first-order valence-electron chi connectivity index (χ1n) is 4.96. The number of methoxy groups -OCH3 is 1. The topological polar surface area (TPSA) is 82.8 Å². The molecule has 6 nitrogen and oxygen atoms in total. The number of ether oxygens (including phenoxy) is 3. The van der Waals surface area contributed by atoms with Gasteiger partial charge in [0.2, 0.25) is 0 Å². The second kappa shape index (κ2) is 6.73. The highest BCUT2D eigenvalue weighted by Gasteiger charge is 2.22. The van der Waals surface area contributed by atoms with Crippen LogP contribution in [0.1, 0.15) is 6.42 Å². The van der Waals surface area contributed by atoms with E-state index in [0.717, 1.165) is 13.0 Å². The largest absolute Gasteiger partial charge is 0.381 e. The predicted molar refractivity (Wildman–Crippen MR) is 52.9 cm³/mol. The molecule has 0 saturated carbocycles. The lowest BCUT2D eigenvalue weighted by atomic mass is 10.1. The maximum atomic E-state index is 11.2. The number of carbonyl (C=O) groups is 1. The van der Waals surface area contributed by atoms with Crippen LogP contribution < -0.4 is 11.3 Å². The van der Waals surface area contributed by atoms with Crippen LogP contribution in [-0.4, -0.2) is 45.5 Å². The number of nitrogens with one attached hydrogen (secondary N) is 1. The van der Waals surface area contributed by atoms with Crippen molar-refractivity contribution in [3.63, 3.8) is 0 Å². The van der Waals surface area contributed by atoms with Gasteiger partial charge in [0, 0.05) is 19.6 Å². The fourth-order valence-corrected chi connectivity index (χ4v) is 1.41. The van der Waals surface area contributed by atoms with Crippen molar-refractivity contribution >= 4 is 5.91 Å². The lowest BCUT2D eigenvalue weighted by Gasteiger charge is -2.17. The average molecular weight is 218 g/mol. The Kier molecular flexibility index (Phi) is 5.56. The van der Waals surface area contributed by atoms with E-state index in [1.54, 1.807) is 0 Å². The van der Waals surface area contributed by atoms with Crippen molar-refractivity contribution < 1.29 is 19.0 Å². The standard InChI is InChI=1S/C9H18N2O4/c1-13-6-8(9(12)11-10)15-5-7-2-3-14-4-7/h7-8H,2-6,10H2,1H3,(H,11,12). The highest BCUT2D eigenvalue weighted by atomic mass is 16.5. The summed E-state index contributed by atoms with van der Waals surface area (Å²) in [4.78, 5) is 11.2. The SMILES string of the molecule is COCC(OCC1CCOC1)C(=O)NN. The molecule has 2 atom stereocenters. The third kappa shape index (κ3) is 4.13. The quantitative estimate of drug-likeness (QED) is 0.341. The Morgan fingerprint density at radius 2 is 2.53 bits per heavy atom. The highest BCUT2D eigenvalue weighted by Crippen LogP contribution is 2.13. The molecule has 0 aromatic rings. The second-order valence-electron chi connectivity index (χ2n) is 3.52. The van der Waals surface area contributed by atoms with Crippen molar-refractivity contribution in [2.45, 2.75) is 12.5 Å². The summed E-state index contributed by atoms with van der Waals surface area (Å²) in [7, 11) is 1.51. The first kappa shape index (κ1) is 12.4. The van der Waals surface area contributed by atoms with Crippen LogP contribution in [0.4, 0.5) is 0 Å². The normalized spacial score (nSPS) is 22.7. The van der Waals surface area contributed by atoms with Gasteiger partial charge in [0.25, 0.3) is 5.91 Å². The maximum Gasteiger partial charge on any atom is 0.265 e. The van der Waals surface area contributed by atoms with Crippen molar-refractivity contribution in [3.8, 4) is 0 Å². The Balaban J connectivity index is 2.26. The van der Waals surface area contributed by atoms with Gasteiger partial charge in [-0.3, -0.25) is 10.2 Å². The summed E-state index contributed by atoms with van der Waals surface area (Å²) in [5.74, 6) is 5.03.